The molecule has 1 aliphatic rings. The standard InChI is InChI=1S/C19H24N2O4S/c1-14-13-20-12-11-19(14)21-26(22,23)18-9-7-17(8-10-18)25-16-5-3-15(24-2)4-6-16/h3-10,14,19-21H,11-13H2,1-2H3. The molecule has 0 radical (unpaired) electrons. The average Bonchev–Trinajstić information content (AvgIpc) is 2.65. The van der Waals surface area contributed by atoms with Gasteiger partial charge >= 0.3 is 0 Å². The lowest BCUT2D eigenvalue weighted by Gasteiger charge is -2.29. The molecule has 0 amide bonds. The highest BCUT2D eigenvalue weighted by molar-refractivity contribution is 7.89. The predicted molar refractivity (Wildman–Crippen MR) is 100 cm³/mol. The van der Waals surface area contributed by atoms with Crippen molar-refractivity contribution in [2.45, 2.75) is 24.3 Å². The number of hydrogen-bond donors (Lipinski definition) is 2. The third-order valence-electron chi connectivity index (χ3n) is 4.52. The van der Waals surface area contributed by atoms with E-state index in [2.05, 4.69) is 10.0 Å². The van der Waals surface area contributed by atoms with E-state index in [4.69, 9.17) is 9.47 Å². The van der Waals surface area contributed by atoms with Gasteiger partial charge in [-0.05, 0) is 74.0 Å². The largest absolute Gasteiger partial charge is 0.497 e. The average molecular weight is 376 g/mol. The van der Waals surface area contributed by atoms with Gasteiger partial charge < -0.3 is 14.8 Å². The topological polar surface area (TPSA) is 76.7 Å². The van der Waals surface area contributed by atoms with E-state index in [1.807, 2.05) is 6.92 Å². The van der Waals surface area contributed by atoms with E-state index >= 15 is 0 Å². The molecule has 0 aromatic heterocycles. The minimum Gasteiger partial charge on any atom is -0.497 e. The first-order valence-corrected chi connectivity index (χ1v) is 10.1. The molecule has 1 saturated heterocycles. The number of sulfonamides is 1. The summed E-state index contributed by atoms with van der Waals surface area (Å²) in [5, 5.41) is 3.27. The van der Waals surface area contributed by atoms with Crippen molar-refractivity contribution in [3.8, 4) is 17.2 Å². The van der Waals surface area contributed by atoms with Crippen LogP contribution in [0, 0.1) is 5.92 Å². The second-order valence-electron chi connectivity index (χ2n) is 6.45. The number of nitrogens with one attached hydrogen (secondary N) is 2. The smallest absolute Gasteiger partial charge is 0.240 e. The van der Waals surface area contributed by atoms with Crippen molar-refractivity contribution >= 4 is 10.0 Å². The number of hydrogen-bond acceptors (Lipinski definition) is 5. The number of methoxy groups -OCH3 is 1. The second kappa shape index (κ2) is 8.07. The number of piperidine rings is 1. The molecule has 26 heavy (non-hydrogen) atoms. The van der Waals surface area contributed by atoms with Crippen molar-refractivity contribution in [1.29, 1.82) is 0 Å². The zero-order chi connectivity index (χ0) is 18.6. The molecule has 7 heteroatoms. The third-order valence-corrected chi connectivity index (χ3v) is 6.03. The molecular weight excluding hydrogens is 352 g/mol. The van der Waals surface area contributed by atoms with E-state index in [0.29, 0.717) is 11.5 Å². The highest BCUT2D eigenvalue weighted by Gasteiger charge is 2.26. The lowest BCUT2D eigenvalue weighted by Crippen LogP contribution is -2.48. The Hall–Kier alpha value is -2.09. The Labute approximate surface area is 154 Å². The van der Waals surface area contributed by atoms with Crippen molar-refractivity contribution in [2.24, 2.45) is 5.92 Å². The summed E-state index contributed by atoms with van der Waals surface area (Å²) in [4.78, 5) is 0.241. The molecule has 6 nitrogen and oxygen atoms in total. The molecule has 0 aliphatic carbocycles. The van der Waals surface area contributed by atoms with Gasteiger partial charge in [0, 0.05) is 6.04 Å². The molecule has 0 bridgehead atoms. The van der Waals surface area contributed by atoms with Crippen LogP contribution < -0.4 is 19.5 Å². The van der Waals surface area contributed by atoms with Crippen LogP contribution in [0.3, 0.4) is 0 Å². The quantitative estimate of drug-likeness (QED) is 0.811. The number of benzene rings is 2. The Bertz CT molecular complexity index is 820. The lowest BCUT2D eigenvalue weighted by atomic mass is 9.97. The van der Waals surface area contributed by atoms with Crippen LogP contribution in [0.5, 0.6) is 17.2 Å². The fraction of sp³-hybridized carbons (Fsp3) is 0.368. The van der Waals surface area contributed by atoms with E-state index in [-0.39, 0.29) is 16.9 Å². The highest BCUT2D eigenvalue weighted by Crippen LogP contribution is 2.25. The zero-order valence-corrected chi connectivity index (χ0v) is 15.8. The fourth-order valence-corrected chi connectivity index (χ4v) is 4.30. The van der Waals surface area contributed by atoms with Crippen molar-refractivity contribution < 1.29 is 17.9 Å². The van der Waals surface area contributed by atoms with Gasteiger partial charge in [0.25, 0.3) is 0 Å². The monoisotopic (exact) mass is 376 g/mol. The summed E-state index contributed by atoms with van der Waals surface area (Å²) < 4.78 is 38.9. The molecule has 0 spiro atoms. The molecule has 140 valence electrons. The first-order chi connectivity index (χ1) is 12.5. The molecule has 1 aliphatic heterocycles. The van der Waals surface area contributed by atoms with E-state index in [1.165, 1.54) is 0 Å². The summed E-state index contributed by atoms with van der Waals surface area (Å²) in [6.07, 6.45) is 0.791. The molecule has 1 fully saturated rings. The van der Waals surface area contributed by atoms with Gasteiger partial charge in [0.05, 0.1) is 12.0 Å². The number of ether oxygens (including phenoxy) is 2. The van der Waals surface area contributed by atoms with Crippen molar-refractivity contribution in [1.82, 2.24) is 10.0 Å². The van der Waals surface area contributed by atoms with Crippen LogP contribution >= 0.6 is 0 Å². The van der Waals surface area contributed by atoms with Crippen molar-refractivity contribution in [3.05, 3.63) is 48.5 Å². The molecule has 0 saturated carbocycles. The van der Waals surface area contributed by atoms with Gasteiger partial charge in [0.1, 0.15) is 17.2 Å². The SMILES string of the molecule is COc1ccc(Oc2ccc(S(=O)(=O)NC3CCNCC3C)cc2)cc1. The van der Waals surface area contributed by atoms with E-state index < -0.39 is 10.0 Å². The minimum absolute atomic E-state index is 0.0449. The minimum atomic E-state index is -3.54. The Morgan fingerprint density at radius 2 is 1.58 bits per heavy atom. The second-order valence-corrected chi connectivity index (χ2v) is 8.16. The Morgan fingerprint density at radius 3 is 2.15 bits per heavy atom. The molecule has 2 aromatic carbocycles. The van der Waals surface area contributed by atoms with E-state index in [0.717, 1.165) is 25.3 Å². The van der Waals surface area contributed by atoms with Crippen LogP contribution in [0.4, 0.5) is 0 Å². The summed E-state index contributed by atoms with van der Waals surface area (Å²) in [6.45, 7) is 3.69. The van der Waals surface area contributed by atoms with Crippen LogP contribution in [-0.4, -0.2) is 34.7 Å². The van der Waals surface area contributed by atoms with Crippen LogP contribution in [0.25, 0.3) is 0 Å². The molecule has 2 atom stereocenters. The molecule has 1 heterocycles. The van der Waals surface area contributed by atoms with Gasteiger partial charge in [-0.1, -0.05) is 6.92 Å². The predicted octanol–water partition coefficient (Wildman–Crippen LogP) is 2.76. The lowest BCUT2D eigenvalue weighted by molar-refractivity contribution is 0.328. The normalized spacial score (nSPS) is 20.5. The van der Waals surface area contributed by atoms with Gasteiger partial charge in [0.15, 0.2) is 0 Å². The maximum Gasteiger partial charge on any atom is 0.240 e. The molecule has 3 rings (SSSR count). The summed E-state index contributed by atoms with van der Waals surface area (Å²) in [6, 6.07) is 13.6. The van der Waals surface area contributed by atoms with Crippen molar-refractivity contribution in [2.75, 3.05) is 20.2 Å². The summed E-state index contributed by atoms with van der Waals surface area (Å²) in [7, 11) is -1.94. The fourth-order valence-electron chi connectivity index (χ4n) is 2.92. The van der Waals surface area contributed by atoms with Crippen LogP contribution in [0.2, 0.25) is 0 Å². The van der Waals surface area contributed by atoms with Gasteiger partial charge in [-0.3, -0.25) is 0 Å². The van der Waals surface area contributed by atoms with E-state index in [1.54, 1.807) is 55.6 Å². The van der Waals surface area contributed by atoms with Gasteiger partial charge in [0.2, 0.25) is 10.0 Å². The van der Waals surface area contributed by atoms with Crippen LogP contribution in [-0.2, 0) is 10.0 Å². The van der Waals surface area contributed by atoms with Gasteiger partial charge in [-0.25, -0.2) is 13.1 Å². The Kier molecular flexibility index (Phi) is 5.80. The van der Waals surface area contributed by atoms with Crippen molar-refractivity contribution in [3.63, 3.8) is 0 Å². The van der Waals surface area contributed by atoms with Gasteiger partial charge in [-0.15, -0.1) is 0 Å². The summed E-state index contributed by atoms with van der Waals surface area (Å²) >= 11 is 0. The van der Waals surface area contributed by atoms with Crippen LogP contribution in [0.1, 0.15) is 13.3 Å². The van der Waals surface area contributed by atoms with Gasteiger partial charge in [-0.2, -0.15) is 0 Å². The molecule has 2 N–H and O–H groups in total. The molecular formula is C19H24N2O4S. The zero-order valence-electron chi connectivity index (χ0n) is 14.9. The highest BCUT2D eigenvalue weighted by atomic mass is 32.2. The van der Waals surface area contributed by atoms with E-state index in [9.17, 15) is 8.42 Å². The van der Waals surface area contributed by atoms with Crippen LogP contribution in [0.15, 0.2) is 53.4 Å². The Balaban J connectivity index is 1.67. The summed E-state index contributed by atoms with van der Waals surface area (Å²) in [5.74, 6) is 2.24. The summed E-state index contributed by atoms with van der Waals surface area (Å²) in [5.41, 5.74) is 0. The molecule has 2 aromatic rings. The first kappa shape index (κ1) is 18.7. The Morgan fingerprint density at radius 1 is 1.00 bits per heavy atom. The third kappa shape index (κ3) is 4.55. The maximum atomic E-state index is 12.6. The molecule has 2 unspecified atom stereocenters. The number of rotatable bonds is 6. The maximum absolute atomic E-state index is 12.6. The first-order valence-electron chi connectivity index (χ1n) is 8.63.